The van der Waals surface area contributed by atoms with Gasteiger partial charge in [-0.15, -0.1) is 11.8 Å². The number of nitrogens with zero attached hydrogens (tertiary/aromatic N) is 2. The average molecular weight is 391 g/mol. The molecule has 27 heavy (non-hydrogen) atoms. The highest BCUT2D eigenvalue weighted by Gasteiger charge is 2.35. The van der Waals surface area contributed by atoms with Gasteiger partial charge in [0.25, 0.3) is 11.6 Å². The topological polar surface area (TPSA) is 122 Å². The summed E-state index contributed by atoms with van der Waals surface area (Å²) in [6.07, 6.45) is 4.44. The normalized spacial score (nSPS) is 16.6. The van der Waals surface area contributed by atoms with Crippen LogP contribution in [0.15, 0.2) is 23.1 Å². The lowest BCUT2D eigenvalue weighted by molar-refractivity contribution is -0.387. The number of ether oxygens (including phenoxy) is 1. The number of nitriles is 1. The van der Waals surface area contributed by atoms with Gasteiger partial charge >= 0.3 is 5.97 Å². The van der Waals surface area contributed by atoms with Crippen molar-refractivity contribution < 1.29 is 19.2 Å². The number of hydrogen-bond acceptors (Lipinski definition) is 7. The molecule has 1 N–H and O–H groups in total. The minimum absolute atomic E-state index is 0.00758. The van der Waals surface area contributed by atoms with Crippen molar-refractivity contribution in [2.45, 2.75) is 55.6 Å². The van der Waals surface area contributed by atoms with Crippen LogP contribution in [0.25, 0.3) is 0 Å². The lowest BCUT2D eigenvalue weighted by Gasteiger charge is -2.32. The van der Waals surface area contributed by atoms with Gasteiger partial charge in [-0.1, -0.05) is 19.3 Å². The van der Waals surface area contributed by atoms with Crippen molar-refractivity contribution in [1.29, 1.82) is 5.26 Å². The van der Waals surface area contributed by atoms with Crippen LogP contribution in [-0.2, 0) is 9.53 Å². The van der Waals surface area contributed by atoms with E-state index in [-0.39, 0.29) is 11.3 Å². The predicted octanol–water partition coefficient (Wildman–Crippen LogP) is 3.20. The second-order valence-corrected chi connectivity index (χ2v) is 7.28. The first-order valence-electron chi connectivity index (χ1n) is 8.58. The van der Waals surface area contributed by atoms with Gasteiger partial charge in [-0.05, 0) is 38.2 Å². The third-order valence-corrected chi connectivity index (χ3v) is 5.33. The Bertz CT molecular complexity index is 784. The molecule has 1 fully saturated rings. The van der Waals surface area contributed by atoms with Crippen molar-refractivity contribution in [2.24, 2.45) is 0 Å². The second-order valence-electron chi connectivity index (χ2n) is 6.44. The molecule has 0 heterocycles. The molecule has 1 atom stereocenters. The minimum atomic E-state index is -1.12. The Morgan fingerprint density at radius 1 is 1.37 bits per heavy atom. The van der Waals surface area contributed by atoms with Crippen molar-refractivity contribution in [3.8, 4) is 6.07 Å². The van der Waals surface area contributed by atoms with Crippen molar-refractivity contribution in [3.05, 3.63) is 33.9 Å². The van der Waals surface area contributed by atoms with Gasteiger partial charge in [0.2, 0.25) is 0 Å². The molecule has 0 unspecified atom stereocenters. The minimum Gasteiger partial charge on any atom is -0.449 e. The predicted molar refractivity (Wildman–Crippen MR) is 99.3 cm³/mol. The molecular weight excluding hydrogens is 370 g/mol. The van der Waals surface area contributed by atoms with E-state index in [2.05, 4.69) is 11.4 Å². The monoisotopic (exact) mass is 391 g/mol. The van der Waals surface area contributed by atoms with E-state index >= 15 is 0 Å². The fraction of sp³-hybridized carbons (Fsp3) is 0.500. The lowest BCUT2D eigenvalue weighted by Crippen LogP contribution is -2.52. The molecule has 0 saturated heterocycles. The highest BCUT2D eigenvalue weighted by molar-refractivity contribution is 7.98. The molecule has 8 nitrogen and oxygen atoms in total. The van der Waals surface area contributed by atoms with Gasteiger partial charge in [-0.25, -0.2) is 4.79 Å². The molecule has 0 spiro atoms. The summed E-state index contributed by atoms with van der Waals surface area (Å²) in [5.41, 5.74) is -1.12. The van der Waals surface area contributed by atoms with E-state index in [9.17, 15) is 25.0 Å². The van der Waals surface area contributed by atoms with E-state index in [1.807, 2.05) is 0 Å². The summed E-state index contributed by atoms with van der Waals surface area (Å²) < 4.78 is 5.15. The quantitative estimate of drug-likeness (QED) is 0.342. The number of carbonyl (C=O) groups is 2. The third kappa shape index (κ3) is 4.98. The number of benzene rings is 1. The van der Waals surface area contributed by atoms with Gasteiger partial charge in [-0.3, -0.25) is 14.9 Å². The van der Waals surface area contributed by atoms with E-state index in [1.165, 1.54) is 30.8 Å². The van der Waals surface area contributed by atoms with Crippen LogP contribution in [0.1, 0.15) is 49.4 Å². The second kappa shape index (κ2) is 8.86. The first-order valence-corrected chi connectivity index (χ1v) is 9.81. The zero-order valence-electron chi connectivity index (χ0n) is 15.2. The van der Waals surface area contributed by atoms with Crippen molar-refractivity contribution >= 4 is 29.3 Å². The molecule has 9 heteroatoms. The van der Waals surface area contributed by atoms with Crippen LogP contribution >= 0.6 is 11.8 Å². The zero-order valence-corrected chi connectivity index (χ0v) is 16.0. The molecule has 1 aliphatic carbocycles. The Labute approximate surface area is 161 Å². The molecule has 0 bridgehead atoms. The fourth-order valence-electron chi connectivity index (χ4n) is 3.00. The van der Waals surface area contributed by atoms with Gasteiger partial charge in [0.05, 0.1) is 21.5 Å². The SMILES string of the molecule is CSc1ccc(C(=O)O[C@@H](C)C(=O)NC2(C#N)CCCCC2)cc1[N+](=O)[O-]. The standard InChI is InChI=1S/C18H21N3O5S/c1-12(16(22)20-18(11-19)8-4-3-5-9-18)26-17(23)13-6-7-15(27-2)14(10-13)21(24)25/h6-7,10,12H,3-5,8-9H2,1-2H3,(H,20,22)/t12-/m0/s1. The summed E-state index contributed by atoms with van der Waals surface area (Å²) in [7, 11) is 0. The van der Waals surface area contributed by atoms with E-state index in [0.717, 1.165) is 25.3 Å². The van der Waals surface area contributed by atoms with Crippen LogP contribution in [0.3, 0.4) is 0 Å². The maximum atomic E-state index is 12.4. The van der Waals surface area contributed by atoms with Crippen molar-refractivity contribution in [2.75, 3.05) is 6.26 Å². The number of nitro benzene ring substituents is 1. The Balaban J connectivity index is 2.06. The maximum Gasteiger partial charge on any atom is 0.339 e. The van der Waals surface area contributed by atoms with Crippen LogP contribution in [-0.4, -0.2) is 34.7 Å². The fourth-order valence-corrected chi connectivity index (χ4v) is 3.55. The number of thioether (sulfide) groups is 1. The van der Waals surface area contributed by atoms with E-state index in [4.69, 9.17) is 4.74 Å². The van der Waals surface area contributed by atoms with Gasteiger partial charge < -0.3 is 10.1 Å². The van der Waals surface area contributed by atoms with Gasteiger partial charge in [0.15, 0.2) is 6.10 Å². The molecule has 1 saturated carbocycles. The highest BCUT2D eigenvalue weighted by atomic mass is 32.2. The number of nitro groups is 1. The van der Waals surface area contributed by atoms with E-state index in [0.29, 0.717) is 17.7 Å². The van der Waals surface area contributed by atoms with Gasteiger partial charge in [0.1, 0.15) is 5.54 Å². The molecule has 2 rings (SSSR count). The van der Waals surface area contributed by atoms with Crippen LogP contribution in [0.4, 0.5) is 5.69 Å². The van der Waals surface area contributed by atoms with Crippen LogP contribution < -0.4 is 5.32 Å². The molecule has 1 aromatic rings. The van der Waals surface area contributed by atoms with Gasteiger partial charge in [-0.2, -0.15) is 5.26 Å². The van der Waals surface area contributed by atoms with E-state index < -0.39 is 28.4 Å². The summed E-state index contributed by atoms with van der Waals surface area (Å²) >= 11 is 1.20. The summed E-state index contributed by atoms with van der Waals surface area (Å²) in [6.45, 7) is 1.41. The molecule has 1 aromatic carbocycles. The molecule has 0 aromatic heterocycles. The number of carbonyl (C=O) groups excluding carboxylic acids is 2. The number of nitrogens with one attached hydrogen (secondary N) is 1. The largest absolute Gasteiger partial charge is 0.449 e. The Hall–Kier alpha value is -2.60. The summed E-state index contributed by atoms with van der Waals surface area (Å²) in [6, 6.07) is 6.20. The number of rotatable bonds is 6. The summed E-state index contributed by atoms with van der Waals surface area (Å²) in [4.78, 5) is 35.6. The first-order chi connectivity index (χ1) is 12.8. The lowest BCUT2D eigenvalue weighted by atomic mass is 9.83. The number of amides is 1. The van der Waals surface area contributed by atoms with Crippen LogP contribution in [0.2, 0.25) is 0 Å². The summed E-state index contributed by atoms with van der Waals surface area (Å²) in [5, 5.41) is 23.2. The molecule has 1 aliphatic rings. The van der Waals surface area contributed by atoms with E-state index in [1.54, 1.807) is 6.26 Å². The van der Waals surface area contributed by atoms with Crippen LogP contribution in [0.5, 0.6) is 0 Å². The van der Waals surface area contributed by atoms with Crippen LogP contribution in [0, 0.1) is 21.4 Å². The molecule has 0 radical (unpaired) electrons. The van der Waals surface area contributed by atoms with Crippen molar-refractivity contribution in [1.82, 2.24) is 5.32 Å². The third-order valence-electron chi connectivity index (χ3n) is 4.55. The average Bonchev–Trinajstić information content (AvgIpc) is 2.67. The molecular formula is C18H21N3O5S. The molecule has 0 aliphatic heterocycles. The Kier molecular flexibility index (Phi) is 6.80. The number of hydrogen-bond donors (Lipinski definition) is 1. The molecule has 1 amide bonds. The van der Waals surface area contributed by atoms with Crippen molar-refractivity contribution in [3.63, 3.8) is 0 Å². The zero-order chi connectivity index (χ0) is 20.0. The summed E-state index contributed by atoms with van der Waals surface area (Å²) in [5.74, 6) is -1.38. The first kappa shape index (κ1) is 20.7. The Morgan fingerprint density at radius 3 is 2.59 bits per heavy atom. The van der Waals surface area contributed by atoms with Gasteiger partial charge in [0, 0.05) is 6.07 Å². The highest BCUT2D eigenvalue weighted by Crippen LogP contribution is 2.29. The smallest absolute Gasteiger partial charge is 0.339 e. The maximum absolute atomic E-state index is 12.4. The molecule has 144 valence electrons. The Morgan fingerprint density at radius 2 is 2.04 bits per heavy atom. The number of esters is 1.